The largest absolute Gasteiger partial charge is 0.493 e. The number of carbonyl (C=O) groups is 1. The molecular weight excluding hydrogens is 316 g/mol. The Morgan fingerprint density at radius 2 is 1.88 bits per heavy atom. The lowest BCUT2D eigenvalue weighted by atomic mass is 10.0. The predicted molar refractivity (Wildman–Crippen MR) is 97.3 cm³/mol. The van der Waals surface area contributed by atoms with Crippen molar-refractivity contribution in [1.82, 2.24) is 5.43 Å². The molecule has 5 heteroatoms. The Hall–Kier alpha value is -2.82. The summed E-state index contributed by atoms with van der Waals surface area (Å²) in [6.45, 7) is 1.76. The summed E-state index contributed by atoms with van der Waals surface area (Å²) >= 11 is 0. The maximum absolute atomic E-state index is 12.0. The molecule has 130 valence electrons. The van der Waals surface area contributed by atoms with E-state index in [2.05, 4.69) is 28.7 Å². The van der Waals surface area contributed by atoms with Gasteiger partial charge in [0.25, 0.3) is 5.91 Å². The molecule has 1 aliphatic rings. The van der Waals surface area contributed by atoms with E-state index >= 15 is 0 Å². The highest BCUT2D eigenvalue weighted by atomic mass is 16.5. The number of amides is 1. The number of hydrogen-bond donors (Lipinski definition) is 1. The van der Waals surface area contributed by atoms with E-state index in [1.807, 2.05) is 19.1 Å². The molecule has 0 aliphatic heterocycles. The van der Waals surface area contributed by atoms with Crippen molar-refractivity contribution in [2.45, 2.75) is 26.2 Å². The van der Waals surface area contributed by atoms with Gasteiger partial charge in [0.2, 0.25) is 0 Å². The van der Waals surface area contributed by atoms with E-state index in [1.54, 1.807) is 19.2 Å². The third-order valence-electron chi connectivity index (χ3n) is 4.29. The number of benzene rings is 2. The summed E-state index contributed by atoms with van der Waals surface area (Å²) < 4.78 is 10.7. The Morgan fingerprint density at radius 1 is 1.12 bits per heavy atom. The van der Waals surface area contributed by atoms with Crippen LogP contribution in [0.25, 0.3) is 0 Å². The fourth-order valence-electron chi connectivity index (χ4n) is 2.92. The van der Waals surface area contributed by atoms with E-state index in [0.717, 1.165) is 24.1 Å². The van der Waals surface area contributed by atoms with Crippen LogP contribution in [0.2, 0.25) is 0 Å². The zero-order chi connectivity index (χ0) is 17.6. The molecule has 5 nitrogen and oxygen atoms in total. The third kappa shape index (κ3) is 4.18. The SMILES string of the molecule is COc1ccccc1OCC(=O)N/N=C(/C)c1ccc2c(c1)CCC2. The maximum Gasteiger partial charge on any atom is 0.277 e. The Balaban J connectivity index is 1.56. The molecule has 1 aliphatic carbocycles. The van der Waals surface area contributed by atoms with E-state index in [1.165, 1.54) is 17.5 Å². The lowest BCUT2D eigenvalue weighted by Gasteiger charge is -2.09. The number of carbonyl (C=O) groups excluding carboxylic acids is 1. The van der Waals surface area contributed by atoms with E-state index < -0.39 is 0 Å². The second-order valence-electron chi connectivity index (χ2n) is 6.01. The number of para-hydroxylation sites is 2. The zero-order valence-corrected chi connectivity index (χ0v) is 14.5. The van der Waals surface area contributed by atoms with Crippen molar-refractivity contribution in [2.75, 3.05) is 13.7 Å². The molecule has 0 aromatic heterocycles. The first kappa shape index (κ1) is 17.0. The number of methoxy groups -OCH3 is 1. The van der Waals surface area contributed by atoms with Gasteiger partial charge in [-0.15, -0.1) is 0 Å². The minimum Gasteiger partial charge on any atom is -0.493 e. The van der Waals surface area contributed by atoms with Crippen LogP contribution in [-0.4, -0.2) is 25.3 Å². The summed E-state index contributed by atoms with van der Waals surface area (Å²) in [6.07, 6.45) is 3.49. The molecule has 0 spiro atoms. The van der Waals surface area contributed by atoms with Crippen molar-refractivity contribution in [3.8, 4) is 11.5 Å². The van der Waals surface area contributed by atoms with Crippen molar-refractivity contribution >= 4 is 11.6 Å². The molecular formula is C20H22N2O3. The van der Waals surface area contributed by atoms with Gasteiger partial charge in [0.15, 0.2) is 18.1 Å². The molecule has 3 rings (SSSR count). The number of rotatable bonds is 6. The van der Waals surface area contributed by atoms with Crippen LogP contribution in [-0.2, 0) is 17.6 Å². The number of hydrazone groups is 1. The second kappa shape index (κ2) is 7.83. The van der Waals surface area contributed by atoms with Gasteiger partial charge in [0.05, 0.1) is 12.8 Å². The quantitative estimate of drug-likeness (QED) is 0.650. The number of aryl methyl sites for hydroxylation is 2. The monoisotopic (exact) mass is 338 g/mol. The van der Waals surface area contributed by atoms with Crippen LogP contribution in [0.1, 0.15) is 30.0 Å². The van der Waals surface area contributed by atoms with Crippen LogP contribution in [0.5, 0.6) is 11.5 Å². The Kier molecular flexibility index (Phi) is 5.33. The zero-order valence-electron chi connectivity index (χ0n) is 14.5. The lowest BCUT2D eigenvalue weighted by molar-refractivity contribution is -0.123. The highest BCUT2D eigenvalue weighted by molar-refractivity contribution is 5.99. The van der Waals surface area contributed by atoms with E-state index in [4.69, 9.17) is 9.47 Å². The molecule has 2 aromatic rings. The van der Waals surface area contributed by atoms with Crippen LogP contribution >= 0.6 is 0 Å². The van der Waals surface area contributed by atoms with E-state index in [0.29, 0.717) is 11.5 Å². The van der Waals surface area contributed by atoms with E-state index in [-0.39, 0.29) is 12.5 Å². The predicted octanol–water partition coefficient (Wildman–Crippen LogP) is 3.10. The summed E-state index contributed by atoms with van der Waals surface area (Å²) in [4.78, 5) is 12.0. The van der Waals surface area contributed by atoms with Gasteiger partial charge >= 0.3 is 0 Å². The number of nitrogens with zero attached hydrogens (tertiary/aromatic N) is 1. The van der Waals surface area contributed by atoms with Crippen molar-refractivity contribution in [3.05, 3.63) is 59.2 Å². The standard InChI is InChI=1S/C20H22N2O3/c1-14(16-11-10-15-6-5-7-17(15)12-16)21-22-20(23)13-25-19-9-4-3-8-18(19)24-2/h3-4,8-12H,5-7,13H2,1-2H3,(H,22,23)/b21-14-. The van der Waals surface area contributed by atoms with Crippen LogP contribution in [0.3, 0.4) is 0 Å². The maximum atomic E-state index is 12.0. The van der Waals surface area contributed by atoms with Crippen LogP contribution < -0.4 is 14.9 Å². The fraction of sp³-hybridized carbons (Fsp3) is 0.300. The Labute approximate surface area is 147 Å². The molecule has 0 radical (unpaired) electrons. The molecule has 1 amide bonds. The van der Waals surface area contributed by atoms with Gasteiger partial charge in [0, 0.05) is 0 Å². The van der Waals surface area contributed by atoms with Gasteiger partial charge in [-0.1, -0.05) is 24.3 Å². The van der Waals surface area contributed by atoms with Crippen LogP contribution in [0.15, 0.2) is 47.6 Å². The molecule has 0 atom stereocenters. The molecule has 0 heterocycles. The molecule has 0 saturated heterocycles. The van der Waals surface area contributed by atoms with Gasteiger partial charge in [-0.3, -0.25) is 4.79 Å². The minimum absolute atomic E-state index is 0.124. The molecule has 0 unspecified atom stereocenters. The van der Waals surface area contributed by atoms with E-state index in [9.17, 15) is 4.79 Å². The first-order chi connectivity index (χ1) is 12.2. The molecule has 0 saturated carbocycles. The highest BCUT2D eigenvalue weighted by Gasteiger charge is 2.12. The molecule has 25 heavy (non-hydrogen) atoms. The average molecular weight is 338 g/mol. The Bertz CT molecular complexity index is 799. The summed E-state index contributed by atoms with van der Waals surface area (Å²) in [5, 5.41) is 4.18. The van der Waals surface area contributed by atoms with Gasteiger partial charge in [-0.2, -0.15) is 5.10 Å². The number of ether oxygens (including phenoxy) is 2. The molecule has 2 aromatic carbocycles. The fourth-order valence-corrected chi connectivity index (χ4v) is 2.92. The normalized spacial score (nSPS) is 13.3. The Morgan fingerprint density at radius 3 is 2.68 bits per heavy atom. The molecule has 0 fully saturated rings. The van der Waals surface area contributed by atoms with Crippen molar-refractivity contribution in [2.24, 2.45) is 5.10 Å². The number of fused-ring (bicyclic) bond motifs is 1. The summed E-state index contributed by atoms with van der Waals surface area (Å²) in [5.74, 6) is 0.805. The topological polar surface area (TPSA) is 59.9 Å². The minimum atomic E-state index is -0.314. The van der Waals surface area contributed by atoms with Crippen molar-refractivity contribution in [1.29, 1.82) is 0 Å². The lowest BCUT2D eigenvalue weighted by Crippen LogP contribution is -2.25. The van der Waals surface area contributed by atoms with Crippen LogP contribution in [0, 0.1) is 0 Å². The summed E-state index contributed by atoms with van der Waals surface area (Å²) in [7, 11) is 1.56. The third-order valence-corrected chi connectivity index (χ3v) is 4.29. The smallest absolute Gasteiger partial charge is 0.277 e. The average Bonchev–Trinajstić information content (AvgIpc) is 3.12. The first-order valence-corrected chi connectivity index (χ1v) is 8.38. The highest BCUT2D eigenvalue weighted by Crippen LogP contribution is 2.25. The summed E-state index contributed by atoms with van der Waals surface area (Å²) in [5.41, 5.74) is 7.16. The number of hydrogen-bond acceptors (Lipinski definition) is 4. The van der Waals surface area contributed by atoms with Crippen molar-refractivity contribution in [3.63, 3.8) is 0 Å². The van der Waals surface area contributed by atoms with Crippen molar-refractivity contribution < 1.29 is 14.3 Å². The van der Waals surface area contributed by atoms with Crippen LogP contribution in [0.4, 0.5) is 0 Å². The first-order valence-electron chi connectivity index (χ1n) is 8.38. The number of nitrogens with one attached hydrogen (secondary N) is 1. The second-order valence-corrected chi connectivity index (χ2v) is 6.01. The summed E-state index contributed by atoms with van der Waals surface area (Å²) in [6, 6.07) is 13.6. The van der Waals surface area contributed by atoms with Gasteiger partial charge in [-0.05, 0) is 61.1 Å². The van der Waals surface area contributed by atoms with Gasteiger partial charge in [-0.25, -0.2) is 5.43 Å². The van der Waals surface area contributed by atoms with Gasteiger partial charge < -0.3 is 9.47 Å². The molecule has 1 N–H and O–H groups in total. The van der Waals surface area contributed by atoms with Gasteiger partial charge in [0.1, 0.15) is 0 Å². The molecule has 0 bridgehead atoms.